The molecule has 0 radical (unpaired) electrons. The number of nitrogens with zero attached hydrogens (tertiary/aromatic N) is 2. The van der Waals surface area contributed by atoms with Crippen LogP contribution in [0.15, 0.2) is 42.6 Å². The van der Waals surface area contributed by atoms with E-state index in [4.69, 9.17) is 17.3 Å². The molecule has 2 aromatic rings. The largest absolute Gasteiger partial charge is 0.399 e. The minimum absolute atomic E-state index is 0.187. The molecule has 0 aliphatic heterocycles. The number of pyridine rings is 1. The van der Waals surface area contributed by atoms with Gasteiger partial charge in [-0.25, -0.2) is 9.88 Å². The van der Waals surface area contributed by atoms with Crippen molar-refractivity contribution in [1.82, 2.24) is 4.98 Å². The minimum Gasteiger partial charge on any atom is -0.399 e. The normalized spacial score (nSPS) is 10.1. The number of nitrogens with two attached hydrogens (primary N) is 1. The molecule has 0 spiro atoms. The highest BCUT2D eigenvalue weighted by atomic mass is 35.5. The summed E-state index contributed by atoms with van der Waals surface area (Å²) in [5.74, 6) is -0.888. The number of amides is 2. The zero-order valence-electron chi connectivity index (χ0n) is 10.7. The Balaban J connectivity index is 2.44. The molecule has 0 fully saturated rings. The highest BCUT2D eigenvalue weighted by Gasteiger charge is 2.22. The van der Waals surface area contributed by atoms with E-state index in [-0.39, 0.29) is 10.7 Å². The van der Waals surface area contributed by atoms with E-state index in [0.717, 1.165) is 4.90 Å². The van der Waals surface area contributed by atoms with Crippen molar-refractivity contribution < 1.29 is 9.59 Å². The maximum Gasteiger partial charge on any atom is 0.265 e. The van der Waals surface area contributed by atoms with Crippen molar-refractivity contribution in [1.29, 1.82) is 0 Å². The Morgan fingerprint density at radius 2 is 2.00 bits per heavy atom. The molecule has 0 unspecified atom stereocenters. The number of hydrogen-bond donors (Lipinski definition) is 1. The number of halogens is 1. The summed E-state index contributed by atoms with van der Waals surface area (Å²) < 4.78 is 0. The molecule has 0 aliphatic rings. The first-order valence-corrected chi connectivity index (χ1v) is 6.19. The fourth-order valence-electron chi connectivity index (χ4n) is 1.77. The standard InChI is InChI=1S/C14H12ClN3O2/c1-9(19)18(12-4-2-3-11(16)8-12)14(20)10-5-6-17-13(15)7-10/h2-8H,16H2,1H3. The summed E-state index contributed by atoms with van der Waals surface area (Å²) in [6.07, 6.45) is 1.41. The van der Waals surface area contributed by atoms with Gasteiger partial charge < -0.3 is 5.73 Å². The maximum atomic E-state index is 12.4. The number of hydrogen-bond acceptors (Lipinski definition) is 4. The fourth-order valence-corrected chi connectivity index (χ4v) is 1.94. The van der Waals surface area contributed by atoms with Crippen LogP contribution in [0.4, 0.5) is 11.4 Å². The summed E-state index contributed by atoms with van der Waals surface area (Å²) in [5.41, 5.74) is 6.84. The molecular formula is C14H12ClN3O2. The van der Waals surface area contributed by atoms with Crippen molar-refractivity contribution >= 4 is 34.8 Å². The highest BCUT2D eigenvalue weighted by molar-refractivity contribution is 6.30. The number of rotatable bonds is 2. The predicted octanol–water partition coefficient (Wildman–Crippen LogP) is 2.51. The average Bonchev–Trinajstić information content (AvgIpc) is 2.38. The smallest absolute Gasteiger partial charge is 0.265 e. The Morgan fingerprint density at radius 3 is 2.60 bits per heavy atom. The van der Waals surface area contributed by atoms with E-state index in [2.05, 4.69) is 4.98 Å². The summed E-state index contributed by atoms with van der Waals surface area (Å²) in [6.45, 7) is 1.31. The van der Waals surface area contributed by atoms with Gasteiger partial charge in [-0.1, -0.05) is 17.7 Å². The second kappa shape index (κ2) is 5.71. The van der Waals surface area contributed by atoms with Crippen molar-refractivity contribution in [2.75, 3.05) is 10.6 Å². The van der Waals surface area contributed by atoms with Crippen molar-refractivity contribution in [3.63, 3.8) is 0 Å². The maximum absolute atomic E-state index is 12.4. The highest BCUT2D eigenvalue weighted by Crippen LogP contribution is 2.21. The summed E-state index contributed by atoms with van der Waals surface area (Å²) in [7, 11) is 0. The first kappa shape index (κ1) is 14.0. The van der Waals surface area contributed by atoms with Gasteiger partial charge in [0.15, 0.2) is 0 Å². The molecule has 0 saturated heterocycles. The number of anilines is 2. The van der Waals surface area contributed by atoms with Gasteiger partial charge in [0.2, 0.25) is 5.91 Å². The van der Waals surface area contributed by atoms with Crippen molar-refractivity contribution in [3.05, 3.63) is 53.3 Å². The topological polar surface area (TPSA) is 76.3 Å². The lowest BCUT2D eigenvalue weighted by Gasteiger charge is -2.19. The van der Waals surface area contributed by atoms with Crippen LogP contribution in [0, 0.1) is 0 Å². The van der Waals surface area contributed by atoms with Crippen LogP contribution in [-0.4, -0.2) is 16.8 Å². The van der Waals surface area contributed by atoms with Crippen molar-refractivity contribution in [3.8, 4) is 0 Å². The van der Waals surface area contributed by atoms with Crippen LogP contribution in [0.1, 0.15) is 17.3 Å². The summed E-state index contributed by atoms with van der Waals surface area (Å²) >= 11 is 5.76. The van der Waals surface area contributed by atoms with E-state index >= 15 is 0 Å². The van der Waals surface area contributed by atoms with E-state index in [1.807, 2.05) is 0 Å². The van der Waals surface area contributed by atoms with Crippen LogP contribution < -0.4 is 10.6 Å². The third kappa shape index (κ3) is 2.95. The molecule has 20 heavy (non-hydrogen) atoms. The van der Waals surface area contributed by atoms with Crippen LogP contribution in [0.3, 0.4) is 0 Å². The second-order valence-corrected chi connectivity index (χ2v) is 4.51. The predicted molar refractivity (Wildman–Crippen MR) is 77.6 cm³/mol. The van der Waals surface area contributed by atoms with Crippen LogP contribution in [0.2, 0.25) is 5.15 Å². The van der Waals surface area contributed by atoms with E-state index in [9.17, 15) is 9.59 Å². The molecule has 0 saturated carbocycles. The SMILES string of the molecule is CC(=O)N(C(=O)c1ccnc(Cl)c1)c1cccc(N)c1. The van der Waals surface area contributed by atoms with Crippen LogP contribution in [-0.2, 0) is 4.79 Å². The second-order valence-electron chi connectivity index (χ2n) is 4.12. The van der Waals surface area contributed by atoms with Gasteiger partial charge in [0, 0.05) is 24.4 Å². The third-order valence-electron chi connectivity index (χ3n) is 2.62. The molecule has 2 N–H and O–H groups in total. The number of carbonyl (C=O) groups excluding carboxylic acids is 2. The zero-order valence-corrected chi connectivity index (χ0v) is 11.5. The lowest BCUT2D eigenvalue weighted by molar-refractivity contribution is -0.115. The minimum atomic E-state index is -0.479. The molecule has 1 aromatic heterocycles. The summed E-state index contributed by atoms with van der Waals surface area (Å²) in [5, 5.41) is 0.187. The molecule has 1 heterocycles. The molecule has 0 bridgehead atoms. The van der Waals surface area contributed by atoms with Crippen molar-refractivity contribution in [2.24, 2.45) is 0 Å². The molecule has 0 atom stereocenters. The first-order valence-electron chi connectivity index (χ1n) is 5.81. The van der Waals surface area contributed by atoms with Gasteiger partial charge in [0.1, 0.15) is 5.15 Å². The number of aromatic nitrogens is 1. The van der Waals surface area contributed by atoms with Crippen LogP contribution in [0.25, 0.3) is 0 Å². The van der Waals surface area contributed by atoms with Gasteiger partial charge in [-0.2, -0.15) is 0 Å². The van der Waals surface area contributed by atoms with E-state index in [1.54, 1.807) is 24.3 Å². The number of benzene rings is 1. The number of imide groups is 1. The number of nitrogen functional groups attached to an aromatic ring is 1. The third-order valence-corrected chi connectivity index (χ3v) is 2.83. The lowest BCUT2D eigenvalue weighted by atomic mass is 10.2. The Labute approximate surface area is 121 Å². The molecule has 0 aliphatic carbocycles. The molecule has 2 rings (SSSR count). The molecule has 1 aromatic carbocycles. The fraction of sp³-hybridized carbons (Fsp3) is 0.0714. The first-order chi connectivity index (χ1) is 9.49. The molecular weight excluding hydrogens is 278 g/mol. The van der Waals surface area contributed by atoms with Gasteiger partial charge >= 0.3 is 0 Å². The summed E-state index contributed by atoms with van der Waals surface area (Å²) in [6, 6.07) is 9.45. The molecule has 102 valence electrons. The average molecular weight is 290 g/mol. The molecule has 2 amide bonds. The van der Waals surface area contributed by atoms with Crippen LogP contribution >= 0.6 is 11.6 Å². The quantitative estimate of drug-likeness (QED) is 0.681. The Hall–Kier alpha value is -2.40. The van der Waals surface area contributed by atoms with Gasteiger partial charge in [0.05, 0.1) is 5.69 Å². The Morgan fingerprint density at radius 1 is 1.25 bits per heavy atom. The van der Waals surface area contributed by atoms with E-state index in [1.165, 1.54) is 25.3 Å². The van der Waals surface area contributed by atoms with Crippen molar-refractivity contribution in [2.45, 2.75) is 6.92 Å². The van der Waals surface area contributed by atoms with Gasteiger partial charge in [-0.15, -0.1) is 0 Å². The Kier molecular flexibility index (Phi) is 4.00. The molecule has 6 heteroatoms. The van der Waals surface area contributed by atoms with E-state index in [0.29, 0.717) is 11.4 Å². The summed E-state index contributed by atoms with van der Waals surface area (Å²) in [4.78, 5) is 29.0. The van der Waals surface area contributed by atoms with Gasteiger partial charge in [-0.3, -0.25) is 9.59 Å². The lowest BCUT2D eigenvalue weighted by Crippen LogP contribution is -2.35. The monoisotopic (exact) mass is 289 g/mol. The Bertz CT molecular complexity index is 673. The molecule has 5 nitrogen and oxygen atoms in total. The zero-order chi connectivity index (χ0) is 14.7. The number of carbonyl (C=O) groups is 2. The van der Waals surface area contributed by atoms with E-state index < -0.39 is 11.8 Å². The van der Waals surface area contributed by atoms with Crippen LogP contribution in [0.5, 0.6) is 0 Å². The van der Waals surface area contributed by atoms with Gasteiger partial charge in [0.25, 0.3) is 5.91 Å². The van der Waals surface area contributed by atoms with Gasteiger partial charge in [-0.05, 0) is 30.3 Å².